The number of nitrogens with two attached hydrogens (primary N) is 1. The fourth-order valence-electron chi connectivity index (χ4n) is 1.39. The maximum Gasteiger partial charge on any atom is 0.304 e. The predicted octanol–water partition coefficient (Wildman–Crippen LogP) is 2.15. The van der Waals surface area contributed by atoms with Crippen LogP contribution in [-0.2, 0) is 11.2 Å². The zero-order chi connectivity index (χ0) is 14.0. The number of carbonyl (C=O) groups is 1. The van der Waals surface area contributed by atoms with E-state index in [2.05, 4.69) is 0 Å². The van der Waals surface area contributed by atoms with Gasteiger partial charge in [-0.2, -0.15) is 0 Å². The van der Waals surface area contributed by atoms with Crippen molar-refractivity contribution in [2.45, 2.75) is 18.9 Å². The zero-order valence-corrected chi connectivity index (χ0v) is 10.0. The minimum Gasteiger partial charge on any atom is -0.481 e. The van der Waals surface area contributed by atoms with Gasteiger partial charge < -0.3 is 10.8 Å². The topological polar surface area (TPSA) is 63.3 Å². The average Bonchev–Trinajstić information content (AvgIpc) is 2.29. The van der Waals surface area contributed by atoms with Crippen LogP contribution in [0.3, 0.4) is 0 Å². The molecule has 0 radical (unpaired) electrons. The number of halogens is 6. The lowest BCUT2D eigenvalue weighted by Gasteiger charge is -2.12. The molecule has 3 nitrogen and oxygen atoms in total. The number of hydrogen-bond acceptors (Lipinski definition) is 2. The van der Waals surface area contributed by atoms with Crippen LogP contribution in [0.2, 0.25) is 0 Å². The van der Waals surface area contributed by atoms with E-state index in [1.807, 2.05) is 0 Å². The highest BCUT2D eigenvalue weighted by Crippen LogP contribution is 2.24. The van der Waals surface area contributed by atoms with Crippen molar-refractivity contribution in [2.24, 2.45) is 5.73 Å². The van der Waals surface area contributed by atoms with Crippen molar-refractivity contribution in [3.8, 4) is 0 Å². The molecule has 0 aliphatic heterocycles. The highest BCUT2D eigenvalue weighted by atomic mass is 35.5. The summed E-state index contributed by atoms with van der Waals surface area (Å²) in [5.74, 6) is -11.7. The first-order valence-corrected chi connectivity index (χ1v) is 4.73. The lowest BCUT2D eigenvalue weighted by Crippen LogP contribution is -2.27. The number of hydrogen-bond donors (Lipinski definition) is 2. The van der Waals surface area contributed by atoms with Gasteiger partial charge in [-0.1, -0.05) is 0 Å². The summed E-state index contributed by atoms with van der Waals surface area (Å²) >= 11 is 0. The van der Waals surface area contributed by atoms with Crippen LogP contribution >= 0.6 is 12.4 Å². The maximum absolute atomic E-state index is 13.2. The third-order valence-electron chi connectivity index (χ3n) is 2.20. The van der Waals surface area contributed by atoms with Crippen molar-refractivity contribution in [1.82, 2.24) is 0 Å². The molecule has 0 aromatic heterocycles. The third kappa shape index (κ3) is 3.77. The van der Waals surface area contributed by atoms with Crippen molar-refractivity contribution < 1.29 is 31.9 Å². The molecule has 0 spiro atoms. The summed E-state index contributed by atoms with van der Waals surface area (Å²) in [5, 5.41) is 8.38. The molecule has 0 saturated heterocycles. The van der Waals surface area contributed by atoms with Gasteiger partial charge in [0.15, 0.2) is 23.3 Å². The molecule has 108 valence electrons. The minimum absolute atomic E-state index is 0. The monoisotopic (exact) mass is 305 g/mol. The van der Waals surface area contributed by atoms with Crippen molar-refractivity contribution in [3.63, 3.8) is 0 Å². The average molecular weight is 306 g/mol. The van der Waals surface area contributed by atoms with Gasteiger partial charge in [0.25, 0.3) is 0 Å². The highest BCUT2D eigenvalue weighted by molar-refractivity contribution is 5.85. The molecule has 0 aliphatic carbocycles. The van der Waals surface area contributed by atoms with Crippen LogP contribution in [0.25, 0.3) is 0 Å². The molecule has 1 atom stereocenters. The van der Waals surface area contributed by atoms with E-state index in [-0.39, 0.29) is 12.4 Å². The lowest BCUT2D eigenvalue weighted by atomic mass is 10.0. The van der Waals surface area contributed by atoms with Gasteiger partial charge in [0.1, 0.15) is 0 Å². The number of benzene rings is 1. The van der Waals surface area contributed by atoms with Gasteiger partial charge in [0.2, 0.25) is 5.82 Å². The molecule has 1 aromatic rings. The largest absolute Gasteiger partial charge is 0.481 e. The second kappa shape index (κ2) is 6.67. The summed E-state index contributed by atoms with van der Waals surface area (Å²) in [7, 11) is 0. The molecule has 9 heteroatoms. The molecule has 0 amide bonds. The Morgan fingerprint density at radius 2 is 1.37 bits per heavy atom. The smallest absolute Gasteiger partial charge is 0.304 e. The van der Waals surface area contributed by atoms with Crippen molar-refractivity contribution >= 4 is 18.4 Å². The Bertz CT molecular complexity index is 468. The number of rotatable bonds is 4. The first-order chi connectivity index (χ1) is 8.25. The Hall–Kier alpha value is -1.41. The van der Waals surface area contributed by atoms with Crippen LogP contribution in [0, 0.1) is 29.1 Å². The fraction of sp³-hybridized carbons (Fsp3) is 0.300. The summed E-state index contributed by atoms with van der Waals surface area (Å²) in [6.07, 6.45) is -1.42. The Balaban J connectivity index is 0.00000324. The molecule has 19 heavy (non-hydrogen) atoms. The minimum atomic E-state index is -2.26. The van der Waals surface area contributed by atoms with Gasteiger partial charge in [0, 0.05) is 11.6 Å². The van der Waals surface area contributed by atoms with E-state index in [0.717, 1.165) is 0 Å². The zero-order valence-electron chi connectivity index (χ0n) is 9.22. The van der Waals surface area contributed by atoms with E-state index in [1.165, 1.54) is 0 Å². The fourth-order valence-corrected chi connectivity index (χ4v) is 1.39. The molecule has 0 heterocycles. The predicted molar refractivity (Wildman–Crippen MR) is 57.4 cm³/mol. The molecule has 1 rings (SSSR count). The molecule has 3 N–H and O–H groups in total. The molecule has 0 bridgehead atoms. The SMILES string of the molecule is Cl.N[C@H](CC(=O)O)Cc1c(F)c(F)c(F)c(F)c1F. The van der Waals surface area contributed by atoms with Crippen LogP contribution < -0.4 is 5.73 Å². The van der Waals surface area contributed by atoms with Crippen LogP contribution in [0.1, 0.15) is 12.0 Å². The molecule has 1 aromatic carbocycles. The van der Waals surface area contributed by atoms with Gasteiger partial charge in [-0.3, -0.25) is 4.79 Å². The van der Waals surface area contributed by atoms with Crippen molar-refractivity contribution in [3.05, 3.63) is 34.6 Å². The normalized spacial score (nSPS) is 11.9. The molecule has 0 aliphatic rings. The summed E-state index contributed by atoms with van der Waals surface area (Å²) in [4.78, 5) is 10.3. The van der Waals surface area contributed by atoms with E-state index < -0.39 is 59.5 Å². The maximum atomic E-state index is 13.2. The molecule has 0 unspecified atom stereocenters. The molecule has 0 saturated carbocycles. The highest BCUT2D eigenvalue weighted by Gasteiger charge is 2.26. The van der Waals surface area contributed by atoms with E-state index in [0.29, 0.717) is 0 Å². The van der Waals surface area contributed by atoms with Crippen molar-refractivity contribution in [2.75, 3.05) is 0 Å². The molecular formula is C10H9ClF5NO2. The van der Waals surface area contributed by atoms with Crippen molar-refractivity contribution in [1.29, 1.82) is 0 Å². The van der Waals surface area contributed by atoms with Gasteiger partial charge >= 0.3 is 5.97 Å². The summed E-state index contributed by atoms with van der Waals surface area (Å²) in [5.41, 5.74) is 4.12. The van der Waals surface area contributed by atoms with Gasteiger partial charge in [-0.25, -0.2) is 22.0 Å². The Labute approximate surface area is 110 Å². The van der Waals surface area contributed by atoms with E-state index in [1.54, 1.807) is 0 Å². The standard InChI is InChI=1S/C10H8F5NO2.ClH/c11-6-4(1-3(16)2-5(17)18)7(12)9(14)10(15)8(6)13;/h3H,1-2,16H2,(H,17,18);1H/t3-;/m0./s1. The summed E-state index contributed by atoms with van der Waals surface area (Å²) < 4.78 is 64.6. The van der Waals surface area contributed by atoms with E-state index in [4.69, 9.17) is 10.8 Å². The molecule has 0 fully saturated rings. The number of carboxylic acid groups (broad SMARTS) is 1. The van der Waals surface area contributed by atoms with Crippen LogP contribution in [-0.4, -0.2) is 17.1 Å². The molecular weight excluding hydrogens is 297 g/mol. The van der Waals surface area contributed by atoms with E-state index in [9.17, 15) is 26.7 Å². The van der Waals surface area contributed by atoms with Gasteiger partial charge in [0.05, 0.1) is 6.42 Å². The first kappa shape index (κ1) is 17.6. The van der Waals surface area contributed by atoms with Crippen LogP contribution in [0.4, 0.5) is 22.0 Å². The third-order valence-corrected chi connectivity index (χ3v) is 2.20. The first-order valence-electron chi connectivity index (χ1n) is 4.73. The van der Waals surface area contributed by atoms with Gasteiger partial charge in [-0.15, -0.1) is 12.4 Å². The Morgan fingerprint density at radius 3 is 1.74 bits per heavy atom. The van der Waals surface area contributed by atoms with Crippen LogP contribution in [0.15, 0.2) is 0 Å². The van der Waals surface area contributed by atoms with Crippen LogP contribution in [0.5, 0.6) is 0 Å². The number of carboxylic acids is 1. The Morgan fingerprint density at radius 1 is 1.00 bits per heavy atom. The van der Waals surface area contributed by atoms with Gasteiger partial charge in [-0.05, 0) is 6.42 Å². The second-order valence-corrected chi connectivity index (χ2v) is 3.61. The summed E-state index contributed by atoms with van der Waals surface area (Å²) in [6, 6.07) is -1.25. The Kier molecular flexibility index (Phi) is 6.17. The quantitative estimate of drug-likeness (QED) is 0.509. The number of aliphatic carboxylic acids is 1. The lowest BCUT2D eigenvalue weighted by molar-refractivity contribution is -0.137. The summed E-state index contributed by atoms with van der Waals surface area (Å²) in [6.45, 7) is 0. The van der Waals surface area contributed by atoms with E-state index >= 15 is 0 Å². The second-order valence-electron chi connectivity index (χ2n) is 3.61.